The molecule has 0 saturated heterocycles. The number of ketones is 5. The topological polar surface area (TPSA) is 429 Å². The number of carbonyl (C=O) groups excluding carboxylic acids is 5. The quantitative estimate of drug-likeness (QED) is 0.0399. The summed E-state index contributed by atoms with van der Waals surface area (Å²) in [5.41, 5.74) is -14.9. The van der Waals surface area contributed by atoms with Gasteiger partial charge < -0.3 is 86.8 Å². The van der Waals surface area contributed by atoms with Crippen LogP contribution in [0, 0.1) is 0 Å². The van der Waals surface area contributed by atoms with E-state index in [1.807, 2.05) is 0 Å². The molecule has 4 rings (SSSR count). The first kappa shape index (κ1) is 41.4. The van der Waals surface area contributed by atoms with Crippen LogP contribution in [-0.4, -0.2) is 145 Å². The lowest BCUT2D eigenvalue weighted by atomic mass is 9.64. The molecule has 0 aliphatic carbocycles. The Morgan fingerprint density at radius 2 is 0.679 bits per heavy atom. The van der Waals surface area contributed by atoms with Crippen molar-refractivity contribution in [2.45, 2.75) is 29.5 Å². The van der Waals surface area contributed by atoms with Crippen LogP contribution in [0.3, 0.4) is 0 Å². The van der Waals surface area contributed by atoms with Crippen LogP contribution in [0.25, 0.3) is 0 Å². The predicted molar refractivity (Wildman–Crippen MR) is 176 cm³/mol. The molecule has 296 valence electrons. The average Bonchev–Trinajstić information content (AvgIpc) is 3.15. The Morgan fingerprint density at radius 1 is 0.411 bits per heavy atom. The Labute approximate surface area is 309 Å². The van der Waals surface area contributed by atoms with Crippen molar-refractivity contribution in [3.63, 3.8) is 0 Å². The van der Waals surface area contributed by atoms with Crippen LogP contribution in [0.15, 0.2) is 48.5 Å². The first-order valence-corrected chi connectivity index (χ1v) is 15.0. The first-order chi connectivity index (χ1) is 25.8. The molecule has 0 fully saturated rings. The highest BCUT2D eigenvalue weighted by molar-refractivity contribution is 6.46. The lowest BCUT2D eigenvalue weighted by molar-refractivity contribution is -0.201. The van der Waals surface area contributed by atoms with Gasteiger partial charge in [-0.15, -0.1) is 0 Å². The molecule has 22 nitrogen and oxygen atoms in total. The molecule has 22 heteroatoms. The van der Waals surface area contributed by atoms with Gasteiger partial charge in [0.2, 0.25) is 23.1 Å². The number of aliphatic hydroxyl groups excluding tert-OH is 3. The van der Waals surface area contributed by atoms with Gasteiger partial charge in [0.1, 0.15) is 12.2 Å². The molecule has 17 N–H and O–H groups in total. The molecule has 0 heterocycles. The lowest BCUT2D eigenvalue weighted by Crippen LogP contribution is -2.77. The monoisotopic (exact) mass is 788 g/mol. The summed E-state index contributed by atoms with van der Waals surface area (Å²) in [6, 6.07) is 1.86. The van der Waals surface area contributed by atoms with E-state index in [-0.39, 0.29) is 36.4 Å². The van der Waals surface area contributed by atoms with Crippen molar-refractivity contribution in [1.29, 1.82) is 0 Å². The van der Waals surface area contributed by atoms with Crippen molar-refractivity contribution in [2.24, 2.45) is 0 Å². The van der Waals surface area contributed by atoms with E-state index in [9.17, 15) is 111 Å². The number of aliphatic hydroxyl groups is 5. The molecule has 5 unspecified atom stereocenters. The van der Waals surface area contributed by atoms with E-state index in [0.29, 0.717) is 12.1 Å². The van der Waals surface area contributed by atoms with Crippen LogP contribution in [-0.2, 0) is 4.79 Å². The number of Topliss-reactive ketones (excluding diaryl/α,β-unsaturated/α-hetero) is 5. The zero-order valence-electron chi connectivity index (χ0n) is 27.5. The Balaban J connectivity index is 2.09. The molecular formula is C34H28O22. The molecule has 0 aliphatic rings. The third kappa shape index (κ3) is 6.56. The van der Waals surface area contributed by atoms with Gasteiger partial charge in [0, 0.05) is 22.3 Å². The molecule has 0 spiro atoms. The molecule has 5 atom stereocenters. The molecule has 0 aliphatic heterocycles. The van der Waals surface area contributed by atoms with Crippen molar-refractivity contribution in [3.8, 4) is 69.0 Å². The summed E-state index contributed by atoms with van der Waals surface area (Å²) in [4.78, 5) is 68.9. The molecular weight excluding hydrogens is 760 g/mol. The van der Waals surface area contributed by atoms with Crippen molar-refractivity contribution in [2.75, 3.05) is 0 Å². The summed E-state index contributed by atoms with van der Waals surface area (Å²) in [5, 5.41) is 177. The predicted octanol–water partition coefficient (Wildman–Crippen LogP) is -1.90. The smallest absolute Gasteiger partial charge is 0.235 e. The van der Waals surface area contributed by atoms with E-state index >= 15 is 0 Å². The van der Waals surface area contributed by atoms with Gasteiger partial charge in [-0.1, -0.05) is 0 Å². The number of rotatable bonds is 13. The number of phenolic OH excluding ortho intramolecular Hbond substituents is 12. The summed E-state index contributed by atoms with van der Waals surface area (Å²) < 4.78 is 0. The number of hydrogen-bond acceptors (Lipinski definition) is 22. The van der Waals surface area contributed by atoms with Gasteiger partial charge >= 0.3 is 0 Å². The molecule has 4 aromatic carbocycles. The van der Waals surface area contributed by atoms with Gasteiger partial charge in [-0.05, 0) is 48.5 Å². The molecule has 0 bridgehead atoms. The zero-order chi connectivity index (χ0) is 42.5. The molecule has 0 aromatic heterocycles. The summed E-state index contributed by atoms with van der Waals surface area (Å²) >= 11 is 0. The largest absolute Gasteiger partial charge is 0.504 e. The highest BCUT2D eigenvalue weighted by atomic mass is 16.4. The summed E-state index contributed by atoms with van der Waals surface area (Å²) in [6.45, 7) is 0. The first-order valence-electron chi connectivity index (χ1n) is 15.0. The highest BCUT2D eigenvalue weighted by Gasteiger charge is 2.70. The van der Waals surface area contributed by atoms with E-state index in [1.54, 1.807) is 0 Å². The summed E-state index contributed by atoms with van der Waals surface area (Å²) in [5.74, 6) is -27.5. The number of benzene rings is 4. The zero-order valence-corrected chi connectivity index (χ0v) is 27.5. The molecule has 56 heavy (non-hydrogen) atoms. The molecule has 0 amide bonds. The Hall–Kier alpha value is -7.37. The van der Waals surface area contributed by atoms with E-state index in [1.165, 1.54) is 0 Å². The third-order valence-electron chi connectivity index (χ3n) is 8.49. The van der Waals surface area contributed by atoms with Gasteiger partial charge in [0.05, 0.1) is 0 Å². The van der Waals surface area contributed by atoms with E-state index in [2.05, 4.69) is 0 Å². The number of carbonyl (C=O) groups is 5. The average molecular weight is 789 g/mol. The maximum Gasteiger partial charge on any atom is 0.235 e. The fourth-order valence-corrected chi connectivity index (χ4v) is 5.43. The second kappa shape index (κ2) is 14.5. The maximum absolute atomic E-state index is 14.3. The summed E-state index contributed by atoms with van der Waals surface area (Å²) in [6.07, 6.45) is -11.2. The minimum Gasteiger partial charge on any atom is -0.504 e. The van der Waals surface area contributed by atoms with Crippen molar-refractivity contribution in [3.05, 3.63) is 70.8 Å². The Morgan fingerprint density at radius 3 is 1.00 bits per heavy atom. The van der Waals surface area contributed by atoms with E-state index in [4.69, 9.17) is 0 Å². The molecule has 4 aromatic rings. The van der Waals surface area contributed by atoms with Crippen LogP contribution >= 0.6 is 0 Å². The number of aromatic hydroxyl groups is 12. The standard InChI is InChI=1S/C34H28O22/c35-13-1-9(2-14(36)23(13)45)21(43)27(49)31(53)33(55,29(51)11-5-17(39)25(47)18(40)6-11)34(56,30(52)12-7-19(41)26(48)20(42)8-12)32(54)28(50)22(44)10-3-15(37)24(46)16(38)4-10/h1-8,27,31-32,35-42,45-49,53-56H. The molecule has 0 radical (unpaired) electrons. The van der Waals surface area contributed by atoms with Crippen LogP contribution in [0.1, 0.15) is 41.4 Å². The van der Waals surface area contributed by atoms with Crippen molar-refractivity contribution < 1.29 is 111 Å². The number of hydrogen-bond donors (Lipinski definition) is 17. The minimum atomic E-state index is -4.95. The van der Waals surface area contributed by atoms with Gasteiger partial charge in [0.15, 0.2) is 92.1 Å². The van der Waals surface area contributed by atoms with Crippen molar-refractivity contribution in [1.82, 2.24) is 0 Å². The highest BCUT2D eigenvalue weighted by Crippen LogP contribution is 2.45. The minimum absolute atomic E-state index is 0.149. The maximum atomic E-state index is 14.3. The van der Waals surface area contributed by atoms with Crippen LogP contribution < -0.4 is 0 Å². The van der Waals surface area contributed by atoms with Gasteiger partial charge in [-0.2, -0.15) is 0 Å². The van der Waals surface area contributed by atoms with Gasteiger partial charge in [-0.25, -0.2) is 0 Å². The van der Waals surface area contributed by atoms with E-state index in [0.717, 1.165) is 0 Å². The molecule has 0 saturated carbocycles. The van der Waals surface area contributed by atoms with Crippen molar-refractivity contribution >= 4 is 28.9 Å². The third-order valence-corrected chi connectivity index (χ3v) is 8.49. The second-order valence-corrected chi connectivity index (χ2v) is 12.0. The Bertz CT molecular complexity index is 2240. The van der Waals surface area contributed by atoms with Crippen LogP contribution in [0.5, 0.6) is 69.0 Å². The Kier molecular flexibility index (Phi) is 10.7. The van der Waals surface area contributed by atoms with Crippen LogP contribution in [0.4, 0.5) is 0 Å². The normalized spacial score (nSPS) is 15.1. The fraction of sp³-hybridized carbons (Fsp3) is 0.147. The lowest BCUT2D eigenvalue weighted by Gasteiger charge is -2.46. The SMILES string of the molecule is O=C(C(=O)C(O)C(O)(C(=O)c1cc(O)c(O)c(O)c1)C(O)(C(=O)c1cc(O)c(O)c(O)c1)C(O)C(O)C(=O)c1cc(O)c(O)c(O)c1)c1cc(O)c(O)c(O)c1. The second-order valence-electron chi connectivity index (χ2n) is 12.0. The van der Waals surface area contributed by atoms with E-state index < -0.39 is 150 Å². The van der Waals surface area contributed by atoms with Crippen LogP contribution in [0.2, 0.25) is 0 Å². The fourth-order valence-electron chi connectivity index (χ4n) is 5.43. The number of phenols is 12. The van der Waals surface area contributed by atoms with Gasteiger partial charge in [-0.3, -0.25) is 24.0 Å². The summed E-state index contributed by atoms with van der Waals surface area (Å²) in [7, 11) is 0. The van der Waals surface area contributed by atoms with Gasteiger partial charge in [0.25, 0.3) is 0 Å².